The highest BCUT2D eigenvalue weighted by Crippen LogP contribution is 2.29. The van der Waals surface area contributed by atoms with Crippen LogP contribution in [0, 0.1) is 6.92 Å². The molecule has 0 aliphatic heterocycles. The summed E-state index contributed by atoms with van der Waals surface area (Å²) in [6, 6.07) is 4.00. The molecule has 0 bridgehead atoms. The SMILES string of the molecule is Cc1ccc2ncc(-c3noc(-c4c(C(C)C)cnn4C)n3)n2c1. The molecule has 4 aromatic heterocycles. The molecule has 0 amide bonds. The van der Waals surface area contributed by atoms with E-state index in [1.165, 1.54) is 0 Å². The Morgan fingerprint density at radius 1 is 1.17 bits per heavy atom. The molecule has 0 radical (unpaired) electrons. The number of aryl methyl sites for hydroxylation is 2. The molecule has 4 rings (SSSR count). The molecule has 4 aromatic rings. The largest absolute Gasteiger partial charge is 0.332 e. The Balaban J connectivity index is 1.83. The maximum Gasteiger partial charge on any atom is 0.276 e. The molecule has 0 saturated carbocycles. The van der Waals surface area contributed by atoms with Crippen LogP contribution in [0.1, 0.15) is 30.9 Å². The first-order valence-corrected chi connectivity index (χ1v) is 7.84. The lowest BCUT2D eigenvalue weighted by Crippen LogP contribution is -1.97. The van der Waals surface area contributed by atoms with Gasteiger partial charge in [-0.05, 0) is 24.5 Å². The highest BCUT2D eigenvalue weighted by molar-refractivity contribution is 5.61. The molecule has 0 unspecified atom stereocenters. The summed E-state index contributed by atoms with van der Waals surface area (Å²) in [7, 11) is 1.88. The summed E-state index contributed by atoms with van der Waals surface area (Å²) in [6.07, 6.45) is 5.62. The van der Waals surface area contributed by atoms with Gasteiger partial charge in [-0.25, -0.2) is 4.98 Å². The van der Waals surface area contributed by atoms with E-state index in [0.717, 1.165) is 28.2 Å². The van der Waals surface area contributed by atoms with Crippen molar-refractivity contribution >= 4 is 5.65 Å². The van der Waals surface area contributed by atoms with E-state index >= 15 is 0 Å². The molecule has 4 heterocycles. The fourth-order valence-electron chi connectivity index (χ4n) is 2.81. The maximum absolute atomic E-state index is 5.52. The van der Waals surface area contributed by atoms with Crippen molar-refractivity contribution in [3.8, 4) is 23.1 Å². The molecule has 0 aliphatic rings. The standard InChI is InChI=1S/C17H18N6O/c1-10(2)12-7-19-22(4)15(12)17-20-16(21-24-17)13-8-18-14-6-5-11(3)9-23(13)14/h5-10H,1-4H3. The van der Waals surface area contributed by atoms with Gasteiger partial charge in [0.15, 0.2) is 0 Å². The molecular weight excluding hydrogens is 304 g/mol. The number of imidazole rings is 1. The van der Waals surface area contributed by atoms with Gasteiger partial charge in [0.25, 0.3) is 5.89 Å². The van der Waals surface area contributed by atoms with Gasteiger partial charge in [0.05, 0.1) is 12.4 Å². The van der Waals surface area contributed by atoms with Gasteiger partial charge in [-0.15, -0.1) is 0 Å². The van der Waals surface area contributed by atoms with Gasteiger partial charge in [0.2, 0.25) is 5.82 Å². The molecule has 7 nitrogen and oxygen atoms in total. The normalized spacial score (nSPS) is 11.7. The topological polar surface area (TPSA) is 74.0 Å². The second-order valence-corrected chi connectivity index (χ2v) is 6.23. The van der Waals surface area contributed by atoms with E-state index in [-0.39, 0.29) is 0 Å². The first-order valence-electron chi connectivity index (χ1n) is 7.84. The number of hydrogen-bond donors (Lipinski definition) is 0. The number of fused-ring (bicyclic) bond motifs is 1. The molecule has 7 heteroatoms. The maximum atomic E-state index is 5.52. The predicted molar refractivity (Wildman–Crippen MR) is 89.5 cm³/mol. The van der Waals surface area contributed by atoms with Crippen LogP contribution in [0.3, 0.4) is 0 Å². The zero-order valence-corrected chi connectivity index (χ0v) is 14.1. The Morgan fingerprint density at radius 2 is 2.00 bits per heavy atom. The lowest BCUT2D eigenvalue weighted by molar-refractivity contribution is 0.427. The van der Waals surface area contributed by atoms with Gasteiger partial charge in [-0.3, -0.25) is 9.08 Å². The van der Waals surface area contributed by atoms with E-state index < -0.39 is 0 Å². The summed E-state index contributed by atoms with van der Waals surface area (Å²) in [4.78, 5) is 8.97. The molecule has 24 heavy (non-hydrogen) atoms. The minimum absolute atomic E-state index is 0.322. The van der Waals surface area contributed by atoms with E-state index in [1.807, 2.05) is 42.9 Å². The molecule has 0 spiro atoms. The molecular formula is C17H18N6O. The lowest BCUT2D eigenvalue weighted by Gasteiger charge is -2.04. The monoisotopic (exact) mass is 322 g/mol. The second kappa shape index (κ2) is 5.30. The van der Waals surface area contributed by atoms with Gasteiger partial charge in [-0.1, -0.05) is 25.1 Å². The van der Waals surface area contributed by atoms with E-state index in [0.29, 0.717) is 17.6 Å². The van der Waals surface area contributed by atoms with Gasteiger partial charge in [0.1, 0.15) is 17.0 Å². The highest BCUT2D eigenvalue weighted by Gasteiger charge is 2.21. The number of aromatic nitrogens is 6. The highest BCUT2D eigenvalue weighted by atomic mass is 16.5. The molecule has 0 saturated heterocycles. The Kier molecular flexibility index (Phi) is 3.23. The van der Waals surface area contributed by atoms with Crippen molar-refractivity contribution in [1.82, 2.24) is 29.3 Å². The first-order chi connectivity index (χ1) is 11.5. The number of hydrogen-bond acceptors (Lipinski definition) is 5. The molecule has 0 atom stereocenters. The van der Waals surface area contributed by atoms with Crippen molar-refractivity contribution in [2.75, 3.05) is 0 Å². The third kappa shape index (κ3) is 2.20. The van der Waals surface area contributed by atoms with Crippen LogP contribution in [-0.2, 0) is 7.05 Å². The summed E-state index contributed by atoms with van der Waals surface area (Å²) in [5.41, 5.74) is 4.73. The predicted octanol–water partition coefficient (Wildman–Crippen LogP) is 3.22. The number of pyridine rings is 1. The third-order valence-electron chi connectivity index (χ3n) is 4.10. The average molecular weight is 322 g/mol. The summed E-state index contributed by atoms with van der Waals surface area (Å²) in [6.45, 7) is 6.27. The molecule has 0 fully saturated rings. The summed E-state index contributed by atoms with van der Waals surface area (Å²) in [5.74, 6) is 1.30. The van der Waals surface area contributed by atoms with Crippen LogP contribution in [0.25, 0.3) is 28.8 Å². The van der Waals surface area contributed by atoms with Gasteiger partial charge in [0, 0.05) is 18.8 Å². The van der Waals surface area contributed by atoms with Crippen LogP contribution < -0.4 is 0 Å². The van der Waals surface area contributed by atoms with E-state index in [2.05, 4.69) is 34.1 Å². The van der Waals surface area contributed by atoms with Crippen LogP contribution in [0.5, 0.6) is 0 Å². The van der Waals surface area contributed by atoms with Crippen LogP contribution in [0.4, 0.5) is 0 Å². The Hall–Kier alpha value is -2.96. The molecule has 0 aromatic carbocycles. The van der Waals surface area contributed by atoms with Crippen molar-refractivity contribution in [3.05, 3.63) is 41.9 Å². The van der Waals surface area contributed by atoms with Crippen LogP contribution >= 0.6 is 0 Å². The van der Waals surface area contributed by atoms with E-state index in [1.54, 1.807) is 10.9 Å². The zero-order valence-electron chi connectivity index (χ0n) is 14.1. The van der Waals surface area contributed by atoms with Crippen molar-refractivity contribution < 1.29 is 4.52 Å². The molecule has 0 N–H and O–H groups in total. The summed E-state index contributed by atoms with van der Waals surface area (Å²) >= 11 is 0. The summed E-state index contributed by atoms with van der Waals surface area (Å²) in [5, 5.41) is 8.47. The fourth-order valence-corrected chi connectivity index (χ4v) is 2.81. The number of rotatable bonds is 3. The third-order valence-corrected chi connectivity index (χ3v) is 4.10. The Morgan fingerprint density at radius 3 is 2.79 bits per heavy atom. The van der Waals surface area contributed by atoms with Gasteiger partial charge in [-0.2, -0.15) is 10.1 Å². The Labute approximate surface area is 139 Å². The van der Waals surface area contributed by atoms with Crippen molar-refractivity contribution in [2.24, 2.45) is 7.05 Å². The van der Waals surface area contributed by atoms with Gasteiger partial charge < -0.3 is 4.52 Å². The Bertz CT molecular complexity index is 1020. The summed E-state index contributed by atoms with van der Waals surface area (Å²) < 4.78 is 9.26. The second-order valence-electron chi connectivity index (χ2n) is 6.23. The van der Waals surface area contributed by atoms with Crippen molar-refractivity contribution in [3.63, 3.8) is 0 Å². The average Bonchev–Trinajstić information content (AvgIpc) is 3.23. The zero-order chi connectivity index (χ0) is 16.8. The quantitative estimate of drug-likeness (QED) is 0.579. The smallest absolute Gasteiger partial charge is 0.276 e. The van der Waals surface area contributed by atoms with Gasteiger partial charge >= 0.3 is 0 Å². The molecule has 0 aliphatic carbocycles. The van der Waals surface area contributed by atoms with Crippen molar-refractivity contribution in [1.29, 1.82) is 0 Å². The van der Waals surface area contributed by atoms with Crippen LogP contribution in [0.2, 0.25) is 0 Å². The van der Waals surface area contributed by atoms with E-state index in [9.17, 15) is 0 Å². The fraction of sp³-hybridized carbons (Fsp3) is 0.294. The van der Waals surface area contributed by atoms with Crippen LogP contribution in [-0.4, -0.2) is 29.3 Å². The molecule has 122 valence electrons. The van der Waals surface area contributed by atoms with E-state index in [4.69, 9.17) is 4.52 Å². The lowest BCUT2D eigenvalue weighted by atomic mass is 10.0. The minimum Gasteiger partial charge on any atom is -0.332 e. The number of nitrogens with zero attached hydrogens (tertiary/aromatic N) is 6. The first kappa shape index (κ1) is 14.6. The van der Waals surface area contributed by atoms with Crippen LogP contribution in [0.15, 0.2) is 35.2 Å². The minimum atomic E-state index is 0.322. The van der Waals surface area contributed by atoms with Crippen molar-refractivity contribution in [2.45, 2.75) is 26.7 Å².